The fraction of sp³-hybridized carbons (Fsp3) is 0.556. The molecule has 0 saturated carbocycles. The molecule has 24 heavy (non-hydrogen) atoms. The van der Waals surface area contributed by atoms with Gasteiger partial charge < -0.3 is 4.90 Å². The van der Waals surface area contributed by atoms with E-state index in [-0.39, 0.29) is 24.3 Å². The summed E-state index contributed by atoms with van der Waals surface area (Å²) < 4.78 is 0. The maximum Gasteiger partial charge on any atom is 0.254 e. The van der Waals surface area contributed by atoms with Crippen LogP contribution < -0.4 is 5.32 Å². The van der Waals surface area contributed by atoms with E-state index in [1.807, 2.05) is 27.7 Å². The van der Waals surface area contributed by atoms with Gasteiger partial charge in [-0.1, -0.05) is 39.8 Å². The highest BCUT2D eigenvalue weighted by Gasteiger charge is 2.33. The molecule has 0 bridgehead atoms. The molecule has 6 heteroatoms. The molecular formula is C18H30N2O4. The fourth-order valence-corrected chi connectivity index (χ4v) is 1.98. The molecule has 6 nitrogen and oxygen atoms in total. The van der Waals surface area contributed by atoms with E-state index in [4.69, 9.17) is 0 Å². The first kappa shape index (κ1) is 24.0. The number of likely N-dealkylation sites (N-methyl/N-ethyl adjacent to an activating group) is 1. The quantitative estimate of drug-likeness (QED) is 0.369. The van der Waals surface area contributed by atoms with Crippen LogP contribution in [-0.2, 0) is 19.2 Å². The van der Waals surface area contributed by atoms with Crippen molar-refractivity contribution in [3.63, 3.8) is 0 Å². The van der Waals surface area contributed by atoms with Gasteiger partial charge in [-0.3, -0.25) is 24.5 Å². The van der Waals surface area contributed by atoms with E-state index < -0.39 is 17.9 Å². The van der Waals surface area contributed by atoms with Gasteiger partial charge in [-0.05, 0) is 20.3 Å². The van der Waals surface area contributed by atoms with Crippen molar-refractivity contribution in [1.29, 1.82) is 0 Å². The molecule has 1 aliphatic heterocycles. The first-order valence-corrected chi connectivity index (χ1v) is 8.32. The molecule has 1 unspecified atom stereocenters. The zero-order chi connectivity index (χ0) is 19.3. The van der Waals surface area contributed by atoms with E-state index in [0.29, 0.717) is 11.9 Å². The summed E-state index contributed by atoms with van der Waals surface area (Å²) in [5.74, 6) is -1.23. The zero-order valence-corrected chi connectivity index (χ0v) is 15.8. The van der Waals surface area contributed by atoms with Gasteiger partial charge in [0.2, 0.25) is 11.8 Å². The monoisotopic (exact) mass is 338 g/mol. The SMILES string of the molecule is C/C=C\C(C(=O)N(C)C1CCC(=O)NC1=O)=C(/C)C=O.CC.CC. The number of imide groups is 1. The zero-order valence-electron chi connectivity index (χ0n) is 15.8. The van der Waals surface area contributed by atoms with E-state index >= 15 is 0 Å². The Kier molecular flexibility index (Phi) is 13.2. The second-order valence-electron chi connectivity index (χ2n) is 4.60. The maximum absolute atomic E-state index is 12.4. The first-order chi connectivity index (χ1) is 11.4. The Morgan fingerprint density at radius 2 is 1.75 bits per heavy atom. The second-order valence-corrected chi connectivity index (χ2v) is 4.60. The number of allylic oxidation sites excluding steroid dienone is 2. The van der Waals surface area contributed by atoms with Gasteiger partial charge in [0.25, 0.3) is 5.91 Å². The number of piperidine rings is 1. The van der Waals surface area contributed by atoms with Crippen LogP contribution >= 0.6 is 0 Å². The largest absolute Gasteiger partial charge is 0.330 e. The minimum atomic E-state index is -0.695. The average Bonchev–Trinajstić information content (AvgIpc) is 2.61. The second kappa shape index (κ2) is 13.2. The van der Waals surface area contributed by atoms with Crippen LogP contribution in [0.25, 0.3) is 0 Å². The van der Waals surface area contributed by atoms with Crippen LogP contribution in [0.15, 0.2) is 23.3 Å². The van der Waals surface area contributed by atoms with Crippen LogP contribution in [0.4, 0.5) is 0 Å². The van der Waals surface area contributed by atoms with Crippen molar-refractivity contribution in [1.82, 2.24) is 10.2 Å². The van der Waals surface area contributed by atoms with E-state index in [0.717, 1.165) is 0 Å². The Balaban J connectivity index is 0. The van der Waals surface area contributed by atoms with E-state index in [9.17, 15) is 19.2 Å². The van der Waals surface area contributed by atoms with Gasteiger partial charge in [-0.25, -0.2) is 0 Å². The number of carbonyl (C=O) groups is 4. The van der Waals surface area contributed by atoms with Gasteiger partial charge in [-0.2, -0.15) is 0 Å². The lowest BCUT2D eigenvalue weighted by molar-refractivity contribution is -0.142. The number of nitrogens with zero attached hydrogens (tertiary/aromatic N) is 1. The highest BCUT2D eigenvalue weighted by atomic mass is 16.2. The fourth-order valence-electron chi connectivity index (χ4n) is 1.98. The Morgan fingerprint density at radius 1 is 1.21 bits per heavy atom. The third kappa shape index (κ3) is 6.89. The third-order valence-corrected chi connectivity index (χ3v) is 3.16. The number of amides is 3. The molecule has 1 atom stereocenters. The molecule has 1 saturated heterocycles. The molecule has 0 aliphatic carbocycles. The number of rotatable bonds is 4. The number of aldehydes is 1. The maximum atomic E-state index is 12.4. The highest BCUT2D eigenvalue weighted by Crippen LogP contribution is 2.15. The van der Waals surface area contributed by atoms with Gasteiger partial charge in [0.1, 0.15) is 12.3 Å². The van der Waals surface area contributed by atoms with E-state index in [2.05, 4.69) is 5.32 Å². The van der Waals surface area contributed by atoms with Gasteiger partial charge in [0.15, 0.2) is 0 Å². The molecular weight excluding hydrogens is 308 g/mol. The van der Waals surface area contributed by atoms with Crippen molar-refractivity contribution in [2.45, 2.75) is 60.4 Å². The topological polar surface area (TPSA) is 83.6 Å². The molecule has 1 fully saturated rings. The number of carbonyl (C=O) groups excluding carboxylic acids is 4. The molecule has 1 aliphatic rings. The Bertz CT molecular complexity index is 507. The molecule has 1 heterocycles. The smallest absolute Gasteiger partial charge is 0.254 e. The van der Waals surface area contributed by atoms with Crippen molar-refractivity contribution in [2.24, 2.45) is 0 Å². The highest BCUT2D eigenvalue weighted by molar-refractivity contribution is 6.05. The average molecular weight is 338 g/mol. The minimum Gasteiger partial charge on any atom is -0.330 e. The summed E-state index contributed by atoms with van der Waals surface area (Å²) in [6, 6.07) is -0.695. The lowest BCUT2D eigenvalue weighted by Crippen LogP contribution is -2.53. The predicted octanol–water partition coefficient (Wildman–Crippen LogP) is 2.39. The number of hydrogen-bond acceptors (Lipinski definition) is 4. The lowest BCUT2D eigenvalue weighted by Gasteiger charge is -2.30. The molecule has 0 aromatic heterocycles. The van der Waals surface area contributed by atoms with Crippen molar-refractivity contribution in [2.75, 3.05) is 7.05 Å². The minimum absolute atomic E-state index is 0.198. The Labute approximate surface area is 145 Å². The standard InChI is InChI=1S/C14H18N2O4.2C2H6/c1-4-5-10(9(2)8-17)14(20)16(3)11-6-7-12(18)15-13(11)19;2*1-2/h4-5,8,11H,6-7H2,1-3H3,(H,15,18,19);2*1-2H3/b5-4-,10-9-;;. The summed E-state index contributed by atoms with van der Waals surface area (Å²) in [6.07, 6.45) is 4.28. The van der Waals surface area contributed by atoms with Crippen molar-refractivity contribution < 1.29 is 19.2 Å². The summed E-state index contributed by atoms with van der Waals surface area (Å²) in [4.78, 5) is 47.3. The summed E-state index contributed by atoms with van der Waals surface area (Å²) >= 11 is 0. The Morgan fingerprint density at radius 3 is 2.17 bits per heavy atom. The van der Waals surface area contributed by atoms with Gasteiger partial charge in [0.05, 0.1) is 0 Å². The van der Waals surface area contributed by atoms with Crippen LogP contribution in [0.3, 0.4) is 0 Å². The Hall–Kier alpha value is -2.24. The van der Waals surface area contributed by atoms with Gasteiger partial charge in [-0.15, -0.1) is 0 Å². The van der Waals surface area contributed by atoms with Crippen LogP contribution in [0, 0.1) is 0 Å². The molecule has 0 radical (unpaired) electrons. The summed E-state index contributed by atoms with van der Waals surface area (Å²) in [6.45, 7) is 11.3. The lowest BCUT2D eigenvalue weighted by atomic mass is 10.0. The molecule has 136 valence electrons. The molecule has 0 aromatic rings. The summed E-state index contributed by atoms with van der Waals surface area (Å²) in [5, 5.41) is 2.20. The van der Waals surface area contributed by atoms with Crippen molar-refractivity contribution >= 4 is 24.0 Å². The van der Waals surface area contributed by atoms with Crippen LogP contribution in [0.1, 0.15) is 54.4 Å². The van der Waals surface area contributed by atoms with Gasteiger partial charge >= 0.3 is 0 Å². The normalized spacial score (nSPS) is 17.5. The molecule has 0 spiro atoms. The third-order valence-electron chi connectivity index (χ3n) is 3.16. The molecule has 0 aromatic carbocycles. The van der Waals surface area contributed by atoms with E-state index in [1.54, 1.807) is 19.9 Å². The van der Waals surface area contributed by atoms with Crippen LogP contribution in [0.2, 0.25) is 0 Å². The molecule has 3 amide bonds. The van der Waals surface area contributed by atoms with Crippen LogP contribution in [0.5, 0.6) is 0 Å². The predicted molar refractivity (Wildman–Crippen MR) is 95.2 cm³/mol. The molecule has 1 N–H and O–H groups in total. The van der Waals surface area contributed by atoms with Crippen molar-refractivity contribution in [3.05, 3.63) is 23.3 Å². The number of hydrogen-bond donors (Lipinski definition) is 1. The van der Waals surface area contributed by atoms with E-state index in [1.165, 1.54) is 18.0 Å². The van der Waals surface area contributed by atoms with Gasteiger partial charge in [0, 0.05) is 24.6 Å². The number of nitrogens with one attached hydrogen (secondary N) is 1. The summed E-state index contributed by atoms with van der Waals surface area (Å²) in [7, 11) is 1.49. The van der Waals surface area contributed by atoms with Crippen LogP contribution in [-0.4, -0.2) is 42.0 Å². The first-order valence-electron chi connectivity index (χ1n) is 8.32. The molecule has 1 rings (SSSR count). The van der Waals surface area contributed by atoms with Crippen molar-refractivity contribution in [3.8, 4) is 0 Å². The summed E-state index contributed by atoms with van der Waals surface area (Å²) in [5.41, 5.74) is 0.543.